The third-order valence-electron chi connectivity index (χ3n) is 3.83. The van der Waals surface area contributed by atoms with Crippen LogP contribution in [0.3, 0.4) is 0 Å². The van der Waals surface area contributed by atoms with Gasteiger partial charge in [-0.05, 0) is 71.8 Å². The number of nitrogens with one attached hydrogen (secondary N) is 1. The number of ether oxygens (including phenoxy) is 1. The fraction of sp³-hybridized carbons (Fsp3) is 0.625. The Bertz CT molecular complexity index is 421. The molecule has 1 aromatic carbocycles. The van der Waals surface area contributed by atoms with E-state index in [4.69, 9.17) is 4.74 Å². The highest BCUT2D eigenvalue weighted by molar-refractivity contribution is 9.10. The molecule has 106 valence electrons. The Kier molecular flexibility index (Phi) is 5.28. The largest absolute Gasteiger partial charge is 0.493 e. The molecule has 1 aromatic rings. The second-order valence-corrected chi connectivity index (χ2v) is 6.29. The van der Waals surface area contributed by atoms with Gasteiger partial charge in [-0.3, -0.25) is 0 Å². The minimum atomic E-state index is 0.488. The van der Waals surface area contributed by atoms with Crippen LogP contribution >= 0.6 is 15.9 Å². The molecule has 3 atom stereocenters. The molecule has 0 aliphatic heterocycles. The van der Waals surface area contributed by atoms with Crippen molar-refractivity contribution in [3.63, 3.8) is 0 Å². The van der Waals surface area contributed by atoms with E-state index in [2.05, 4.69) is 53.3 Å². The highest BCUT2D eigenvalue weighted by atomic mass is 79.9. The van der Waals surface area contributed by atoms with Gasteiger partial charge < -0.3 is 10.1 Å². The van der Waals surface area contributed by atoms with Gasteiger partial charge in [0.25, 0.3) is 0 Å². The second kappa shape index (κ2) is 6.76. The van der Waals surface area contributed by atoms with E-state index >= 15 is 0 Å². The standard InChI is InChI=1S/C16H24BrNO/c1-4-8-18-16(13-9-11(13)3)12-6-7-15(19-5-2)14(17)10-12/h6-7,10-11,13,16,18H,4-5,8-9H2,1-3H3. The molecule has 0 saturated heterocycles. The smallest absolute Gasteiger partial charge is 0.133 e. The zero-order valence-electron chi connectivity index (χ0n) is 12.1. The SMILES string of the molecule is CCCNC(c1ccc(OCC)c(Br)c1)C1CC1C. The highest BCUT2D eigenvalue weighted by Crippen LogP contribution is 2.47. The fourth-order valence-electron chi connectivity index (χ4n) is 2.61. The molecule has 0 aromatic heterocycles. The van der Waals surface area contributed by atoms with Crippen LogP contribution in [0.15, 0.2) is 22.7 Å². The van der Waals surface area contributed by atoms with Crippen LogP contribution in [0.25, 0.3) is 0 Å². The maximum atomic E-state index is 5.58. The molecule has 2 rings (SSSR count). The molecule has 1 saturated carbocycles. The van der Waals surface area contributed by atoms with Crippen molar-refractivity contribution in [2.75, 3.05) is 13.2 Å². The van der Waals surface area contributed by atoms with Gasteiger partial charge in [0, 0.05) is 6.04 Å². The topological polar surface area (TPSA) is 21.3 Å². The van der Waals surface area contributed by atoms with Gasteiger partial charge in [0.05, 0.1) is 11.1 Å². The van der Waals surface area contributed by atoms with E-state index in [1.165, 1.54) is 18.4 Å². The summed E-state index contributed by atoms with van der Waals surface area (Å²) in [6.07, 6.45) is 2.52. The number of halogens is 1. The first-order valence-electron chi connectivity index (χ1n) is 7.33. The van der Waals surface area contributed by atoms with Crippen LogP contribution < -0.4 is 10.1 Å². The Hall–Kier alpha value is -0.540. The van der Waals surface area contributed by atoms with Crippen molar-refractivity contribution in [2.45, 2.75) is 39.7 Å². The van der Waals surface area contributed by atoms with Crippen molar-refractivity contribution in [1.29, 1.82) is 0 Å². The van der Waals surface area contributed by atoms with Crippen LogP contribution in [0.4, 0.5) is 0 Å². The second-order valence-electron chi connectivity index (χ2n) is 5.43. The molecule has 0 bridgehead atoms. The van der Waals surface area contributed by atoms with Gasteiger partial charge in [0.2, 0.25) is 0 Å². The predicted octanol–water partition coefficient (Wildman–Crippen LogP) is 4.54. The Morgan fingerprint density at radius 3 is 2.68 bits per heavy atom. The van der Waals surface area contributed by atoms with Crippen LogP contribution in [0.5, 0.6) is 5.75 Å². The van der Waals surface area contributed by atoms with E-state index < -0.39 is 0 Å². The molecule has 0 radical (unpaired) electrons. The average molecular weight is 326 g/mol. The van der Waals surface area contributed by atoms with Gasteiger partial charge in [0.15, 0.2) is 0 Å². The molecule has 0 spiro atoms. The minimum Gasteiger partial charge on any atom is -0.493 e. The normalized spacial score (nSPS) is 23.2. The molecule has 1 fully saturated rings. The quantitative estimate of drug-likeness (QED) is 0.794. The predicted molar refractivity (Wildman–Crippen MR) is 83.6 cm³/mol. The molecular weight excluding hydrogens is 302 g/mol. The number of hydrogen-bond acceptors (Lipinski definition) is 2. The van der Waals surface area contributed by atoms with Crippen molar-refractivity contribution in [3.05, 3.63) is 28.2 Å². The Balaban J connectivity index is 2.14. The van der Waals surface area contributed by atoms with Crippen LogP contribution in [0.1, 0.15) is 45.2 Å². The van der Waals surface area contributed by atoms with E-state index in [1.807, 2.05) is 6.92 Å². The summed E-state index contributed by atoms with van der Waals surface area (Å²) in [7, 11) is 0. The molecule has 1 N–H and O–H groups in total. The molecule has 1 aliphatic carbocycles. The lowest BCUT2D eigenvalue weighted by atomic mass is 10.0. The summed E-state index contributed by atoms with van der Waals surface area (Å²) in [5.41, 5.74) is 1.37. The van der Waals surface area contributed by atoms with E-state index in [-0.39, 0.29) is 0 Å². The summed E-state index contributed by atoms with van der Waals surface area (Å²) in [6, 6.07) is 6.98. The lowest BCUT2D eigenvalue weighted by molar-refractivity contribution is 0.337. The lowest BCUT2D eigenvalue weighted by Crippen LogP contribution is -2.24. The average Bonchev–Trinajstić information content (AvgIpc) is 3.10. The summed E-state index contributed by atoms with van der Waals surface area (Å²) >= 11 is 3.62. The van der Waals surface area contributed by atoms with Gasteiger partial charge >= 0.3 is 0 Å². The molecule has 1 aliphatic rings. The van der Waals surface area contributed by atoms with Gasteiger partial charge in [-0.2, -0.15) is 0 Å². The molecular formula is C16H24BrNO. The Labute approximate surface area is 125 Å². The van der Waals surface area contributed by atoms with Crippen LogP contribution in [-0.2, 0) is 0 Å². The summed E-state index contributed by atoms with van der Waals surface area (Å²) < 4.78 is 6.64. The number of hydrogen-bond donors (Lipinski definition) is 1. The number of benzene rings is 1. The van der Waals surface area contributed by atoms with E-state index in [0.29, 0.717) is 12.6 Å². The molecule has 0 amide bonds. The summed E-state index contributed by atoms with van der Waals surface area (Å²) in [5.74, 6) is 2.57. The minimum absolute atomic E-state index is 0.488. The van der Waals surface area contributed by atoms with Gasteiger partial charge in [-0.15, -0.1) is 0 Å². The maximum absolute atomic E-state index is 5.58. The molecule has 0 heterocycles. The first-order valence-corrected chi connectivity index (χ1v) is 8.12. The number of rotatable bonds is 7. The fourth-order valence-corrected chi connectivity index (χ4v) is 3.13. The van der Waals surface area contributed by atoms with Gasteiger partial charge in [-0.1, -0.05) is 19.9 Å². The maximum Gasteiger partial charge on any atom is 0.133 e. The zero-order valence-corrected chi connectivity index (χ0v) is 13.7. The summed E-state index contributed by atoms with van der Waals surface area (Å²) in [5, 5.41) is 3.70. The van der Waals surface area contributed by atoms with E-state index in [0.717, 1.165) is 28.6 Å². The molecule has 19 heavy (non-hydrogen) atoms. The first kappa shape index (κ1) is 14.9. The van der Waals surface area contributed by atoms with Gasteiger partial charge in [0.1, 0.15) is 5.75 Å². The zero-order chi connectivity index (χ0) is 13.8. The molecule has 3 heteroatoms. The Morgan fingerprint density at radius 2 is 2.16 bits per heavy atom. The molecule has 2 nitrogen and oxygen atoms in total. The molecule has 3 unspecified atom stereocenters. The van der Waals surface area contributed by atoms with Crippen LogP contribution in [-0.4, -0.2) is 13.2 Å². The summed E-state index contributed by atoms with van der Waals surface area (Å²) in [4.78, 5) is 0. The third kappa shape index (κ3) is 3.73. The Morgan fingerprint density at radius 1 is 1.42 bits per heavy atom. The van der Waals surface area contributed by atoms with Crippen LogP contribution in [0, 0.1) is 11.8 Å². The van der Waals surface area contributed by atoms with Crippen molar-refractivity contribution in [3.8, 4) is 5.75 Å². The van der Waals surface area contributed by atoms with Gasteiger partial charge in [-0.25, -0.2) is 0 Å². The van der Waals surface area contributed by atoms with Crippen molar-refractivity contribution < 1.29 is 4.74 Å². The van der Waals surface area contributed by atoms with E-state index in [9.17, 15) is 0 Å². The monoisotopic (exact) mass is 325 g/mol. The summed E-state index contributed by atoms with van der Waals surface area (Å²) in [6.45, 7) is 8.36. The van der Waals surface area contributed by atoms with E-state index in [1.54, 1.807) is 0 Å². The van der Waals surface area contributed by atoms with Crippen molar-refractivity contribution in [2.24, 2.45) is 11.8 Å². The lowest BCUT2D eigenvalue weighted by Gasteiger charge is -2.20. The van der Waals surface area contributed by atoms with Crippen molar-refractivity contribution >= 4 is 15.9 Å². The third-order valence-corrected chi connectivity index (χ3v) is 4.45. The highest BCUT2D eigenvalue weighted by Gasteiger charge is 2.39. The van der Waals surface area contributed by atoms with Crippen molar-refractivity contribution in [1.82, 2.24) is 5.32 Å². The van der Waals surface area contributed by atoms with Crippen LogP contribution in [0.2, 0.25) is 0 Å². The first-order chi connectivity index (χ1) is 9.17.